The number of anilines is 2. The smallest absolute Gasteiger partial charge is 0.322 e. The van der Waals surface area contributed by atoms with Crippen molar-refractivity contribution in [2.75, 3.05) is 43.0 Å². The number of carbonyl (C=O) groups is 2. The highest BCUT2D eigenvalue weighted by Gasteiger charge is 2.22. The molecule has 0 spiro atoms. The Morgan fingerprint density at radius 1 is 1.00 bits per heavy atom. The summed E-state index contributed by atoms with van der Waals surface area (Å²) in [6, 6.07) is 15.0. The van der Waals surface area contributed by atoms with E-state index in [0.717, 1.165) is 18.8 Å². The average Bonchev–Trinajstić information content (AvgIpc) is 2.70. The first kappa shape index (κ1) is 18.8. The number of hydrogen-bond donors (Lipinski definition) is 1. The van der Waals surface area contributed by atoms with Gasteiger partial charge in [0, 0.05) is 37.4 Å². The largest absolute Gasteiger partial charge is 0.492 e. The standard InChI is InChI=1S/C21H25N3O3/c1-3-27-20-7-5-4-6-19(20)22-21(26)24-14-12-23(13-15-24)18-10-8-17(9-11-18)16(2)25/h4-11H,3,12-15H2,1-2H3,(H,22,26). The summed E-state index contributed by atoms with van der Waals surface area (Å²) in [6.07, 6.45) is 0. The lowest BCUT2D eigenvalue weighted by molar-refractivity contribution is 0.101. The number of nitrogens with one attached hydrogen (secondary N) is 1. The maximum absolute atomic E-state index is 12.6. The summed E-state index contributed by atoms with van der Waals surface area (Å²) in [5.41, 5.74) is 2.47. The minimum absolute atomic E-state index is 0.0652. The quantitative estimate of drug-likeness (QED) is 0.820. The number of Topliss-reactive ketones (excluding diaryl/α,β-unsaturated/α-hetero) is 1. The van der Waals surface area contributed by atoms with E-state index in [2.05, 4.69) is 10.2 Å². The van der Waals surface area contributed by atoms with E-state index in [1.807, 2.05) is 60.4 Å². The van der Waals surface area contributed by atoms with Gasteiger partial charge in [-0.2, -0.15) is 0 Å². The maximum atomic E-state index is 12.6. The van der Waals surface area contributed by atoms with Crippen molar-refractivity contribution in [3.8, 4) is 5.75 Å². The van der Waals surface area contributed by atoms with E-state index in [4.69, 9.17) is 4.74 Å². The van der Waals surface area contributed by atoms with E-state index < -0.39 is 0 Å². The SMILES string of the molecule is CCOc1ccccc1NC(=O)N1CCN(c2ccc(C(C)=O)cc2)CC1. The topological polar surface area (TPSA) is 61.9 Å². The lowest BCUT2D eigenvalue weighted by Crippen LogP contribution is -2.50. The summed E-state index contributed by atoms with van der Waals surface area (Å²) >= 11 is 0. The second-order valence-electron chi connectivity index (χ2n) is 6.44. The molecule has 1 aliphatic heterocycles. The van der Waals surface area contributed by atoms with E-state index in [1.54, 1.807) is 6.92 Å². The molecule has 1 N–H and O–H groups in total. The third kappa shape index (κ3) is 4.58. The van der Waals surface area contributed by atoms with Gasteiger partial charge in [-0.15, -0.1) is 0 Å². The Kier molecular flexibility index (Phi) is 5.96. The maximum Gasteiger partial charge on any atom is 0.322 e. The molecule has 6 nitrogen and oxygen atoms in total. The van der Waals surface area contributed by atoms with Crippen LogP contribution in [0.5, 0.6) is 5.75 Å². The van der Waals surface area contributed by atoms with Gasteiger partial charge in [0.25, 0.3) is 0 Å². The molecule has 0 aliphatic carbocycles. The molecule has 6 heteroatoms. The van der Waals surface area contributed by atoms with Gasteiger partial charge < -0.3 is 19.9 Å². The molecule has 0 saturated carbocycles. The molecule has 2 amide bonds. The molecule has 0 unspecified atom stereocenters. The molecule has 3 rings (SSSR count). The lowest BCUT2D eigenvalue weighted by Gasteiger charge is -2.36. The van der Waals surface area contributed by atoms with Crippen molar-refractivity contribution in [2.24, 2.45) is 0 Å². The zero-order chi connectivity index (χ0) is 19.2. The van der Waals surface area contributed by atoms with Gasteiger partial charge in [-0.25, -0.2) is 4.79 Å². The highest BCUT2D eigenvalue weighted by atomic mass is 16.5. The Hall–Kier alpha value is -3.02. The van der Waals surface area contributed by atoms with Crippen LogP contribution in [0.15, 0.2) is 48.5 Å². The minimum atomic E-state index is -0.117. The number of urea groups is 1. The first-order chi connectivity index (χ1) is 13.1. The zero-order valence-corrected chi connectivity index (χ0v) is 15.8. The highest BCUT2D eigenvalue weighted by Crippen LogP contribution is 2.24. The molecule has 0 atom stereocenters. The average molecular weight is 367 g/mol. The number of ether oxygens (including phenoxy) is 1. The van der Waals surface area contributed by atoms with Gasteiger partial charge in [0.15, 0.2) is 5.78 Å². The number of piperazine rings is 1. The lowest BCUT2D eigenvalue weighted by atomic mass is 10.1. The Morgan fingerprint density at radius 3 is 2.30 bits per heavy atom. The number of para-hydroxylation sites is 2. The van der Waals surface area contributed by atoms with Gasteiger partial charge >= 0.3 is 6.03 Å². The van der Waals surface area contributed by atoms with Crippen LogP contribution in [0.1, 0.15) is 24.2 Å². The molecule has 1 saturated heterocycles. The highest BCUT2D eigenvalue weighted by molar-refractivity contribution is 5.94. The van der Waals surface area contributed by atoms with Gasteiger partial charge in [-0.1, -0.05) is 12.1 Å². The molecule has 142 valence electrons. The van der Waals surface area contributed by atoms with Gasteiger partial charge in [0.05, 0.1) is 12.3 Å². The van der Waals surface area contributed by atoms with Crippen LogP contribution < -0.4 is 15.0 Å². The monoisotopic (exact) mass is 367 g/mol. The molecular formula is C21H25N3O3. The van der Waals surface area contributed by atoms with Crippen molar-refractivity contribution in [2.45, 2.75) is 13.8 Å². The molecular weight excluding hydrogens is 342 g/mol. The zero-order valence-electron chi connectivity index (χ0n) is 15.8. The number of amides is 2. The minimum Gasteiger partial charge on any atom is -0.492 e. The summed E-state index contributed by atoms with van der Waals surface area (Å²) < 4.78 is 5.56. The number of carbonyl (C=O) groups excluding carboxylic acids is 2. The third-order valence-corrected chi connectivity index (χ3v) is 4.63. The number of nitrogens with zero attached hydrogens (tertiary/aromatic N) is 2. The predicted octanol–water partition coefficient (Wildman–Crippen LogP) is 3.64. The van der Waals surface area contributed by atoms with Crippen molar-refractivity contribution in [1.82, 2.24) is 4.90 Å². The molecule has 0 radical (unpaired) electrons. The molecule has 1 fully saturated rings. The first-order valence-corrected chi connectivity index (χ1v) is 9.22. The normalized spacial score (nSPS) is 14.0. The number of rotatable bonds is 5. The summed E-state index contributed by atoms with van der Waals surface area (Å²) in [6.45, 7) is 6.80. The molecule has 0 aromatic heterocycles. The number of benzene rings is 2. The fraction of sp³-hybridized carbons (Fsp3) is 0.333. The summed E-state index contributed by atoms with van der Waals surface area (Å²) in [4.78, 5) is 28.0. The van der Waals surface area contributed by atoms with Crippen LogP contribution in [0.3, 0.4) is 0 Å². The van der Waals surface area contributed by atoms with Gasteiger partial charge in [-0.05, 0) is 50.2 Å². The van der Waals surface area contributed by atoms with E-state index in [0.29, 0.717) is 36.7 Å². The molecule has 2 aromatic rings. The Labute approximate surface area is 159 Å². The van der Waals surface area contributed by atoms with Crippen LogP contribution >= 0.6 is 0 Å². The molecule has 1 heterocycles. The van der Waals surface area contributed by atoms with Crippen LogP contribution in [0, 0.1) is 0 Å². The fourth-order valence-corrected chi connectivity index (χ4v) is 3.12. The van der Waals surface area contributed by atoms with Crippen molar-refractivity contribution < 1.29 is 14.3 Å². The van der Waals surface area contributed by atoms with Gasteiger partial charge in [0.2, 0.25) is 0 Å². The summed E-state index contributed by atoms with van der Waals surface area (Å²) in [7, 11) is 0. The number of hydrogen-bond acceptors (Lipinski definition) is 4. The van der Waals surface area contributed by atoms with E-state index in [1.165, 1.54) is 0 Å². The summed E-state index contributed by atoms with van der Waals surface area (Å²) in [5, 5.41) is 2.95. The van der Waals surface area contributed by atoms with Crippen LogP contribution in [0.2, 0.25) is 0 Å². The van der Waals surface area contributed by atoms with Crippen LogP contribution in [0.4, 0.5) is 16.2 Å². The van der Waals surface area contributed by atoms with Gasteiger partial charge in [0.1, 0.15) is 5.75 Å². The number of ketones is 1. The van der Waals surface area contributed by atoms with E-state index >= 15 is 0 Å². The first-order valence-electron chi connectivity index (χ1n) is 9.22. The Bertz CT molecular complexity index is 797. The summed E-state index contributed by atoms with van der Waals surface area (Å²) in [5.74, 6) is 0.743. The molecule has 1 aliphatic rings. The molecule has 27 heavy (non-hydrogen) atoms. The predicted molar refractivity (Wildman–Crippen MR) is 107 cm³/mol. The van der Waals surface area contributed by atoms with Crippen LogP contribution in [-0.2, 0) is 0 Å². The molecule has 0 bridgehead atoms. The van der Waals surface area contributed by atoms with Crippen molar-refractivity contribution in [1.29, 1.82) is 0 Å². The van der Waals surface area contributed by atoms with Crippen LogP contribution in [-0.4, -0.2) is 49.5 Å². The van der Waals surface area contributed by atoms with Gasteiger partial charge in [-0.3, -0.25) is 4.79 Å². The van der Waals surface area contributed by atoms with Crippen molar-refractivity contribution in [3.05, 3.63) is 54.1 Å². The Balaban J connectivity index is 1.57. The Morgan fingerprint density at radius 2 is 1.67 bits per heavy atom. The van der Waals surface area contributed by atoms with E-state index in [9.17, 15) is 9.59 Å². The second-order valence-corrected chi connectivity index (χ2v) is 6.44. The van der Waals surface area contributed by atoms with Crippen molar-refractivity contribution >= 4 is 23.2 Å². The molecule has 2 aromatic carbocycles. The fourth-order valence-electron chi connectivity index (χ4n) is 3.12. The van der Waals surface area contributed by atoms with Crippen LogP contribution in [0.25, 0.3) is 0 Å². The van der Waals surface area contributed by atoms with E-state index in [-0.39, 0.29) is 11.8 Å². The third-order valence-electron chi connectivity index (χ3n) is 4.63. The second kappa shape index (κ2) is 8.58. The van der Waals surface area contributed by atoms with Crippen molar-refractivity contribution in [3.63, 3.8) is 0 Å².